The summed E-state index contributed by atoms with van der Waals surface area (Å²) in [4.78, 5) is 14.5. The number of pyridine rings is 1. The number of hydrogen-bond donors (Lipinski definition) is 1. The van der Waals surface area contributed by atoms with Crippen LogP contribution in [0.4, 0.5) is 14.6 Å². The third kappa shape index (κ3) is 2.73. The highest BCUT2D eigenvalue weighted by Gasteiger charge is 2.15. The van der Waals surface area contributed by atoms with E-state index >= 15 is 0 Å². The molecule has 0 aliphatic heterocycles. The molecule has 1 N–H and O–H groups in total. The van der Waals surface area contributed by atoms with Gasteiger partial charge in [-0.25, -0.2) is 4.98 Å². The van der Waals surface area contributed by atoms with E-state index in [0.717, 1.165) is 4.47 Å². The number of alkyl halides is 2. The van der Waals surface area contributed by atoms with Gasteiger partial charge in [0.25, 0.3) is 5.91 Å². The number of halogens is 3. The molecule has 6 heteroatoms. The van der Waals surface area contributed by atoms with Crippen molar-refractivity contribution in [1.82, 2.24) is 4.98 Å². The maximum atomic E-state index is 11.8. The van der Waals surface area contributed by atoms with E-state index in [-0.39, 0.29) is 5.82 Å². The first-order valence-corrected chi connectivity index (χ1v) is 4.52. The Balaban J connectivity index is 2.78. The second-order valence-corrected chi connectivity index (χ2v) is 3.41. The molecule has 0 fully saturated rings. The van der Waals surface area contributed by atoms with Crippen molar-refractivity contribution in [2.24, 2.45) is 0 Å². The van der Waals surface area contributed by atoms with Gasteiger partial charge in [-0.1, -0.05) is 0 Å². The van der Waals surface area contributed by atoms with Crippen LogP contribution in [-0.4, -0.2) is 17.3 Å². The zero-order valence-corrected chi connectivity index (χ0v) is 8.81. The lowest BCUT2D eigenvalue weighted by Gasteiger charge is -2.04. The van der Waals surface area contributed by atoms with Crippen LogP contribution in [0.25, 0.3) is 0 Å². The number of aryl methyl sites for hydroxylation is 1. The predicted molar refractivity (Wildman–Crippen MR) is 51.3 cm³/mol. The van der Waals surface area contributed by atoms with Crippen LogP contribution in [0, 0.1) is 6.92 Å². The Morgan fingerprint density at radius 3 is 2.71 bits per heavy atom. The smallest absolute Gasteiger partial charge is 0.306 e. The van der Waals surface area contributed by atoms with Gasteiger partial charge in [-0.05, 0) is 35.0 Å². The maximum absolute atomic E-state index is 11.8. The molecule has 0 spiro atoms. The van der Waals surface area contributed by atoms with Crippen LogP contribution in [0.1, 0.15) is 5.69 Å². The monoisotopic (exact) mass is 264 g/mol. The van der Waals surface area contributed by atoms with Crippen LogP contribution >= 0.6 is 15.9 Å². The van der Waals surface area contributed by atoms with Crippen molar-refractivity contribution in [3.8, 4) is 0 Å². The molecule has 0 aliphatic carbocycles. The van der Waals surface area contributed by atoms with E-state index in [0.29, 0.717) is 5.69 Å². The summed E-state index contributed by atoms with van der Waals surface area (Å²) in [6, 6.07) is 3.07. The van der Waals surface area contributed by atoms with E-state index in [1.54, 1.807) is 13.0 Å². The number of carbonyl (C=O) groups excluding carboxylic acids is 1. The molecule has 0 bridgehead atoms. The topological polar surface area (TPSA) is 42.0 Å². The standard InChI is InChI=1S/C8H7BrF2N2O/c1-4-5(9)2-3-6(12-4)13-8(14)7(10)11/h2-3,7H,1H3,(H,12,13,14). The van der Waals surface area contributed by atoms with Crippen molar-refractivity contribution in [2.75, 3.05) is 5.32 Å². The van der Waals surface area contributed by atoms with E-state index in [2.05, 4.69) is 20.9 Å². The summed E-state index contributed by atoms with van der Waals surface area (Å²) >= 11 is 3.20. The molecule has 0 saturated carbocycles. The summed E-state index contributed by atoms with van der Waals surface area (Å²) in [7, 11) is 0. The van der Waals surface area contributed by atoms with Crippen LogP contribution in [0.15, 0.2) is 16.6 Å². The van der Waals surface area contributed by atoms with Gasteiger partial charge < -0.3 is 5.32 Å². The molecule has 1 heterocycles. The Morgan fingerprint density at radius 1 is 1.57 bits per heavy atom. The highest BCUT2D eigenvalue weighted by Crippen LogP contribution is 2.16. The molecule has 0 saturated heterocycles. The van der Waals surface area contributed by atoms with Crippen LogP contribution in [0.3, 0.4) is 0 Å². The molecule has 1 aromatic heterocycles. The van der Waals surface area contributed by atoms with E-state index in [9.17, 15) is 13.6 Å². The van der Waals surface area contributed by atoms with Crippen molar-refractivity contribution < 1.29 is 13.6 Å². The van der Waals surface area contributed by atoms with Crippen molar-refractivity contribution in [3.63, 3.8) is 0 Å². The number of rotatable bonds is 2. The molecule has 3 nitrogen and oxygen atoms in total. The first-order valence-electron chi connectivity index (χ1n) is 3.73. The van der Waals surface area contributed by atoms with Gasteiger partial charge in [-0.2, -0.15) is 8.78 Å². The normalized spacial score (nSPS) is 10.4. The van der Waals surface area contributed by atoms with Crippen molar-refractivity contribution >= 4 is 27.7 Å². The molecule has 1 amide bonds. The fourth-order valence-corrected chi connectivity index (χ4v) is 1.02. The zero-order chi connectivity index (χ0) is 10.7. The Hall–Kier alpha value is -1.04. The van der Waals surface area contributed by atoms with Gasteiger partial charge in [-0.3, -0.25) is 4.79 Å². The maximum Gasteiger partial charge on any atom is 0.315 e. The van der Waals surface area contributed by atoms with Crippen molar-refractivity contribution in [3.05, 3.63) is 22.3 Å². The van der Waals surface area contributed by atoms with E-state index in [1.165, 1.54) is 6.07 Å². The lowest BCUT2D eigenvalue weighted by molar-refractivity contribution is -0.126. The van der Waals surface area contributed by atoms with Gasteiger partial charge >= 0.3 is 6.43 Å². The van der Waals surface area contributed by atoms with Crippen LogP contribution in [0.5, 0.6) is 0 Å². The van der Waals surface area contributed by atoms with E-state index < -0.39 is 12.3 Å². The highest BCUT2D eigenvalue weighted by atomic mass is 79.9. The zero-order valence-electron chi connectivity index (χ0n) is 7.22. The number of nitrogens with zero attached hydrogens (tertiary/aromatic N) is 1. The van der Waals surface area contributed by atoms with Gasteiger partial charge in [0.1, 0.15) is 5.82 Å². The quantitative estimate of drug-likeness (QED) is 0.891. The van der Waals surface area contributed by atoms with E-state index in [4.69, 9.17) is 0 Å². The summed E-state index contributed by atoms with van der Waals surface area (Å²) in [5, 5.41) is 1.99. The third-order valence-electron chi connectivity index (χ3n) is 1.47. The summed E-state index contributed by atoms with van der Waals surface area (Å²) in [5.74, 6) is -1.23. The first-order chi connectivity index (χ1) is 6.50. The van der Waals surface area contributed by atoms with Crippen molar-refractivity contribution in [2.45, 2.75) is 13.3 Å². The predicted octanol–water partition coefficient (Wildman–Crippen LogP) is 2.36. The first kappa shape index (κ1) is 11.0. The van der Waals surface area contributed by atoms with Crippen LogP contribution < -0.4 is 5.32 Å². The third-order valence-corrected chi connectivity index (χ3v) is 2.31. The number of anilines is 1. The number of carbonyl (C=O) groups is 1. The Bertz CT molecular complexity index is 357. The molecule has 14 heavy (non-hydrogen) atoms. The van der Waals surface area contributed by atoms with Gasteiger partial charge in [0.05, 0.1) is 5.69 Å². The summed E-state index contributed by atoms with van der Waals surface area (Å²) in [5.41, 5.74) is 0.622. The average molecular weight is 265 g/mol. The minimum absolute atomic E-state index is 0.121. The van der Waals surface area contributed by atoms with Crippen LogP contribution in [0.2, 0.25) is 0 Å². The summed E-state index contributed by atoms with van der Waals surface area (Å²) < 4.78 is 24.4. The Morgan fingerprint density at radius 2 is 2.21 bits per heavy atom. The lowest BCUT2D eigenvalue weighted by atomic mass is 10.4. The molecular weight excluding hydrogens is 258 g/mol. The molecule has 0 atom stereocenters. The molecule has 0 unspecified atom stereocenters. The SMILES string of the molecule is Cc1nc(NC(=O)C(F)F)ccc1Br. The molecular formula is C8H7BrF2N2O. The van der Waals surface area contributed by atoms with Gasteiger partial charge in [0, 0.05) is 4.47 Å². The van der Waals surface area contributed by atoms with Crippen molar-refractivity contribution in [1.29, 1.82) is 0 Å². The second-order valence-electron chi connectivity index (χ2n) is 2.55. The second kappa shape index (κ2) is 4.45. The van der Waals surface area contributed by atoms with Gasteiger partial charge in [-0.15, -0.1) is 0 Å². The van der Waals surface area contributed by atoms with Gasteiger partial charge in [0.15, 0.2) is 0 Å². The molecule has 1 rings (SSSR count). The number of amides is 1. The number of nitrogens with one attached hydrogen (secondary N) is 1. The fraction of sp³-hybridized carbons (Fsp3) is 0.250. The largest absolute Gasteiger partial charge is 0.315 e. The fourth-order valence-electron chi connectivity index (χ4n) is 0.794. The molecule has 0 aliphatic rings. The number of aromatic nitrogens is 1. The Kier molecular flexibility index (Phi) is 3.51. The molecule has 1 aromatic rings. The van der Waals surface area contributed by atoms with Gasteiger partial charge in [0.2, 0.25) is 0 Å². The summed E-state index contributed by atoms with van der Waals surface area (Å²) in [6.45, 7) is 1.70. The summed E-state index contributed by atoms with van der Waals surface area (Å²) in [6.07, 6.45) is -3.03. The lowest BCUT2D eigenvalue weighted by Crippen LogP contribution is -2.20. The number of hydrogen-bond acceptors (Lipinski definition) is 2. The molecule has 0 radical (unpaired) electrons. The molecule has 0 aromatic carbocycles. The highest BCUT2D eigenvalue weighted by molar-refractivity contribution is 9.10. The Labute approximate surface area is 87.7 Å². The minimum atomic E-state index is -3.03. The van der Waals surface area contributed by atoms with Crippen LogP contribution in [-0.2, 0) is 4.79 Å². The van der Waals surface area contributed by atoms with E-state index in [1.807, 2.05) is 5.32 Å². The minimum Gasteiger partial charge on any atom is -0.306 e. The molecule has 76 valence electrons. The average Bonchev–Trinajstić information content (AvgIpc) is 2.11.